The predicted octanol–water partition coefficient (Wildman–Crippen LogP) is 1.78. The Morgan fingerprint density at radius 1 is 1.21 bits per heavy atom. The van der Waals surface area contributed by atoms with Crippen molar-refractivity contribution in [3.8, 4) is 18.1 Å². The molecule has 2 aromatic carbocycles. The Morgan fingerprint density at radius 3 is 2.76 bits per heavy atom. The average molecular weight is 484 g/mol. The zero-order valence-corrected chi connectivity index (χ0v) is 19.5. The maximum Gasteiger partial charge on any atom is 0.263 e. The first-order valence-electron chi connectivity index (χ1n) is 10.1. The van der Waals surface area contributed by atoms with Crippen molar-refractivity contribution in [3.63, 3.8) is 0 Å². The Kier molecular flexibility index (Phi) is 6.35. The summed E-state index contributed by atoms with van der Waals surface area (Å²) in [6.07, 6.45) is 6.13. The van der Waals surface area contributed by atoms with Gasteiger partial charge in [0, 0.05) is 12.2 Å². The van der Waals surface area contributed by atoms with Crippen molar-refractivity contribution in [3.05, 3.63) is 52.8 Å². The second-order valence-electron chi connectivity index (χ2n) is 7.47. The molecule has 0 atom stereocenters. The summed E-state index contributed by atoms with van der Waals surface area (Å²) in [5, 5.41) is 0. The van der Waals surface area contributed by atoms with E-state index < -0.39 is 33.2 Å². The summed E-state index contributed by atoms with van der Waals surface area (Å²) in [6.45, 7) is 0.585. The lowest BCUT2D eigenvalue weighted by Gasteiger charge is -2.17. The molecule has 0 aliphatic carbocycles. The normalized spacial score (nSPS) is 13.7. The number of fused-ring (bicyclic) bond motifs is 2. The minimum atomic E-state index is -4.01. The van der Waals surface area contributed by atoms with Gasteiger partial charge < -0.3 is 14.2 Å². The van der Waals surface area contributed by atoms with E-state index in [9.17, 15) is 18.0 Å². The maximum absolute atomic E-state index is 12.6. The highest BCUT2D eigenvalue weighted by Gasteiger charge is 2.29. The summed E-state index contributed by atoms with van der Waals surface area (Å²) in [6, 6.07) is 12.7. The lowest BCUT2D eigenvalue weighted by Crippen LogP contribution is -2.36. The highest BCUT2D eigenvalue weighted by atomic mass is 32.2. The van der Waals surface area contributed by atoms with Crippen LogP contribution in [0.4, 0.5) is 5.69 Å². The number of benzene rings is 2. The fourth-order valence-electron chi connectivity index (χ4n) is 3.75. The van der Waals surface area contributed by atoms with E-state index in [0.717, 1.165) is 15.8 Å². The van der Waals surface area contributed by atoms with Gasteiger partial charge in [-0.25, -0.2) is 8.42 Å². The number of hydrogen-bond donors (Lipinski definition) is 0. The predicted molar refractivity (Wildman–Crippen MR) is 127 cm³/mol. The summed E-state index contributed by atoms with van der Waals surface area (Å²) in [5.41, 5.74) is 2.47. The van der Waals surface area contributed by atoms with Crippen molar-refractivity contribution in [1.29, 1.82) is 0 Å². The highest BCUT2D eigenvalue weighted by molar-refractivity contribution is 7.92. The van der Waals surface area contributed by atoms with Gasteiger partial charge in [0.05, 0.1) is 23.9 Å². The van der Waals surface area contributed by atoms with Gasteiger partial charge in [-0.3, -0.25) is 9.59 Å². The molecule has 33 heavy (non-hydrogen) atoms. The van der Waals surface area contributed by atoms with E-state index in [-0.39, 0.29) is 11.3 Å². The van der Waals surface area contributed by atoms with Crippen LogP contribution in [-0.2, 0) is 32.4 Å². The van der Waals surface area contributed by atoms with Gasteiger partial charge in [0.25, 0.3) is 5.91 Å². The van der Waals surface area contributed by atoms with Crippen molar-refractivity contribution in [2.75, 3.05) is 30.1 Å². The molecule has 0 bridgehead atoms. The van der Waals surface area contributed by atoms with E-state index in [1.54, 1.807) is 42.0 Å². The lowest BCUT2D eigenvalue weighted by molar-refractivity contribution is -0.116. The molecular weight excluding hydrogens is 462 g/mol. The Hall–Kier alpha value is -3.42. The van der Waals surface area contributed by atoms with Gasteiger partial charge in [-0.1, -0.05) is 35.5 Å². The smallest absolute Gasteiger partial charge is 0.263 e. The van der Waals surface area contributed by atoms with Gasteiger partial charge in [-0.15, -0.1) is 6.42 Å². The number of nitrogens with zero attached hydrogens (tertiary/aromatic N) is 3. The molecule has 1 aromatic heterocycles. The van der Waals surface area contributed by atoms with E-state index in [0.29, 0.717) is 24.4 Å². The third kappa shape index (κ3) is 4.84. The van der Waals surface area contributed by atoms with Crippen molar-refractivity contribution in [1.82, 2.24) is 4.57 Å². The first-order valence-corrected chi connectivity index (χ1v) is 12.7. The number of amides is 2. The van der Waals surface area contributed by atoms with Crippen molar-refractivity contribution >= 4 is 48.9 Å². The molecular formula is C23H21N3O5S2. The number of rotatable bonds is 6. The summed E-state index contributed by atoms with van der Waals surface area (Å²) < 4.78 is 32.9. The molecule has 0 N–H and O–H groups in total. The number of carbonyl (C=O) groups excluding carboxylic acids is 2. The molecule has 2 amide bonds. The van der Waals surface area contributed by atoms with Crippen LogP contribution in [0.5, 0.6) is 5.75 Å². The Labute approximate surface area is 195 Å². The number of para-hydroxylation sites is 1. The SMILES string of the molecule is C#CCn1c(=NC(=O)CS(=O)(=O)CC(=O)N2CCc3ccccc32)sc2cc(OC)ccc21. The molecule has 0 spiro atoms. The lowest BCUT2D eigenvalue weighted by atomic mass is 10.2. The zero-order chi connectivity index (χ0) is 23.6. The minimum absolute atomic E-state index is 0.165. The zero-order valence-electron chi connectivity index (χ0n) is 17.9. The molecule has 1 aliphatic rings. The fourth-order valence-corrected chi connectivity index (χ4v) is 5.90. The second kappa shape index (κ2) is 9.21. The number of thiazole rings is 1. The number of carbonyl (C=O) groups is 2. The van der Waals surface area contributed by atoms with Crippen molar-refractivity contribution < 1.29 is 22.7 Å². The van der Waals surface area contributed by atoms with Crippen LogP contribution in [0, 0.1) is 12.3 Å². The number of hydrogen-bond acceptors (Lipinski definition) is 6. The molecule has 1 aliphatic heterocycles. The van der Waals surface area contributed by atoms with Crippen molar-refractivity contribution in [2.24, 2.45) is 4.99 Å². The molecule has 2 heterocycles. The van der Waals surface area contributed by atoms with E-state index >= 15 is 0 Å². The molecule has 0 saturated heterocycles. The molecule has 10 heteroatoms. The van der Waals surface area contributed by atoms with Gasteiger partial charge in [-0.2, -0.15) is 4.99 Å². The maximum atomic E-state index is 12.6. The van der Waals surface area contributed by atoms with Crippen LogP contribution < -0.4 is 14.4 Å². The molecule has 8 nitrogen and oxygen atoms in total. The molecule has 3 aromatic rings. The van der Waals surface area contributed by atoms with Gasteiger partial charge in [-0.05, 0) is 36.2 Å². The largest absolute Gasteiger partial charge is 0.497 e. The summed E-state index contributed by atoms with van der Waals surface area (Å²) in [4.78, 5) is 30.9. The highest BCUT2D eigenvalue weighted by Crippen LogP contribution is 2.27. The summed E-state index contributed by atoms with van der Waals surface area (Å²) in [7, 11) is -2.46. The van der Waals surface area contributed by atoms with Gasteiger partial charge in [0.2, 0.25) is 5.91 Å². The van der Waals surface area contributed by atoms with Gasteiger partial charge >= 0.3 is 0 Å². The van der Waals surface area contributed by atoms with Crippen LogP contribution in [-0.4, -0.2) is 50.0 Å². The second-order valence-corrected chi connectivity index (χ2v) is 10.5. The summed E-state index contributed by atoms with van der Waals surface area (Å²) in [5.74, 6) is 0.138. The van der Waals surface area contributed by atoms with Gasteiger partial charge in [0.1, 0.15) is 17.3 Å². The van der Waals surface area contributed by atoms with Crippen LogP contribution >= 0.6 is 11.3 Å². The van der Waals surface area contributed by atoms with E-state index in [1.165, 1.54) is 16.2 Å². The first kappa shape index (κ1) is 22.8. The average Bonchev–Trinajstić information content (AvgIpc) is 3.34. The third-order valence-corrected chi connectivity index (χ3v) is 7.65. The number of methoxy groups -OCH3 is 1. The summed E-state index contributed by atoms with van der Waals surface area (Å²) >= 11 is 1.20. The monoisotopic (exact) mass is 483 g/mol. The van der Waals surface area contributed by atoms with Crippen LogP contribution in [0.15, 0.2) is 47.5 Å². The van der Waals surface area contributed by atoms with Crippen LogP contribution in [0.2, 0.25) is 0 Å². The van der Waals surface area contributed by atoms with Gasteiger partial charge in [0.15, 0.2) is 14.6 Å². The molecule has 0 radical (unpaired) electrons. The van der Waals surface area contributed by atoms with Crippen LogP contribution in [0.3, 0.4) is 0 Å². The van der Waals surface area contributed by atoms with E-state index in [4.69, 9.17) is 11.2 Å². The quantitative estimate of drug-likeness (QED) is 0.498. The van der Waals surface area contributed by atoms with E-state index in [1.807, 2.05) is 12.1 Å². The fraction of sp³-hybridized carbons (Fsp3) is 0.261. The Bertz CT molecular complexity index is 1460. The van der Waals surface area contributed by atoms with Crippen LogP contribution in [0.1, 0.15) is 5.56 Å². The molecule has 4 rings (SSSR count). The van der Waals surface area contributed by atoms with Crippen molar-refractivity contribution in [2.45, 2.75) is 13.0 Å². The topological polar surface area (TPSA) is 98.0 Å². The molecule has 0 unspecified atom stereocenters. The number of terminal acetylenes is 1. The molecule has 0 fully saturated rings. The Balaban J connectivity index is 1.54. The molecule has 170 valence electrons. The third-order valence-electron chi connectivity index (χ3n) is 5.23. The van der Waals surface area contributed by atoms with E-state index in [2.05, 4.69) is 10.9 Å². The van der Waals surface area contributed by atoms with Crippen LogP contribution in [0.25, 0.3) is 10.2 Å². The number of aromatic nitrogens is 1. The number of sulfone groups is 1. The minimum Gasteiger partial charge on any atom is -0.497 e. The molecule has 0 saturated carbocycles. The number of anilines is 1. The Morgan fingerprint density at radius 2 is 2.00 bits per heavy atom. The standard InChI is InChI=1S/C23H21N3O5S2/c1-3-11-26-19-9-8-17(31-2)13-20(19)32-23(26)24-21(27)14-33(29,30)15-22(28)25-12-10-16-6-4-5-7-18(16)25/h1,4-9,13H,10-12,14-15H2,2H3. The first-order chi connectivity index (χ1) is 15.8. The number of ether oxygens (including phenoxy) is 1.